The number of nitrogens with one attached hydrogen (secondary N) is 2. The summed E-state index contributed by atoms with van der Waals surface area (Å²) in [5.74, 6) is -0.567. The van der Waals surface area contributed by atoms with Crippen LogP contribution >= 0.6 is 0 Å². The van der Waals surface area contributed by atoms with E-state index in [0.717, 1.165) is 25.9 Å². The van der Waals surface area contributed by atoms with Crippen molar-refractivity contribution in [3.8, 4) is 11.5 Å². The minimum atomic E-state index is -4.87. The number of hydrogen-bond acceptors (Lipinski definition) is 5. The topological polar surface area (TPSA) is 92.6 Å². The molecule has 0 saturated carbocycles. The summed E-state index contributed by atoms with van der Waals surface area (Å²) in [7, 11) is 0. The van der Waals surface area contributed by atoms with Gasteiger partial charge in [-0.05, 0) is 25.0 Å². The van der Waals surface area contributed by atoms with Crippen LogP contribution in [0.3, 0.4) is 0 Å². The second-order valence-corrected chi connectivity index (χ2v) is 6.86. The van der Waals surface area contributed by atoms with E-state index in [1.165, 1.54) is 18.4 Å². The van der Waals surface area contributed by atoms with E-state index in [-0.39, 0.29) is 24.9 Å². The number of alkyl halides is 3. The number of nitrogens with zero attached hydrogens (tertiary/aromatic N) is 2. The lowest BCUT2D eigenvalue weighted by Crippen LogP contribution is -2.37. The number of rotatable bonds is 6. The SMILES string of the molecule is O=C(NCc1cc2cc(OC(F)(F)F)c(OCc3ccon3)cc2[nH]1)N1CCCC1. The van der Waals surface area contributed by atoms with Crippen molar-refractivity contribution in [2.75, 3.05) is 13.1 Å². The number of ether oxygens (including phenoxy) is 2. The fraction of sp³-hybridized carbons (Fsp3) is 0.368. The summed E-state index contributed by atoms with van der Waals surface area (Å²) in [4.78, 5) is 16.9. The normalized spacial score (nSPS) is 14.3. The van der Waals surface area contributed by atoms with Crippen LogP contribution in [-0.2, 0) is 13.2 Å². The molecule has 0 bridgehead atoms. The fourth-order valence-electron chi connectivity index (χ4n) is 3.28. The molecule has 2 amide bonds. The molecule has 11 heteroatoms. The first-order valence-corrected chi connectivity index (χ1v) is 9.33. The number of likely N-dealkylation sites (tertiary alicyclic amines) is 1. The molecule has 1 aromatic carbocycles. The smallest absolute Gasteiger partial charge is 0.483 e. The van der Waals surface area contributed by atoms with Crippen LogP contribution in [0, 0.1) is 0 Å². The first-order chi connectivity index (χ1) is 14.4. The number of aromatic amines is 1. The quantitative estimate of drug-likeness (QED) is 0.625. The average molecular weight is 424 g/mol. The molecule has 3 heterocycles. The Morgan fingerprint density at radius 2 is 2.03 bits per heavy atom. The van der Waals surface area contributed by atoms with E-state index in [1.54, 1.807) is 17.0 Å². The Kier molecular flexibility index (Phi) is 5.42. The Labute approximate surface area is 168 Å². The lowest BCUT2D eigenvalue weighted by atomic mass is 10.2. The van der Waals surface area contributed by atoms with Crippen LogP contribution in [0.1, 0.15) is 24.2 Å². The third-order valence-corrected chi connectivity index (χ3v) is 4.66. The maximum Gasteiger partial charge on any atom is 0.573 e. The summed E-state index contributed by atoms with van der Waals surface area (Å²) in [5.41, 5.74) is 1.61. The predicted molar refractivity (Wildman–Crippen MR) is 98.9 cm³/mol. The molecule has 2 aromatic heterocycles. The number of amides is 2. The molecule has 160 valence electrons. The van der Waals surface area contributed by atoms with Gasteiger partial charge in [0.05, 0.1) is 6.54 Å². The van der Waals surface area contributed by atoms with Crippen molar-refractivity contribution in [3.05, 3.63) is 41.9 Å². The van der Waals surface area contributed by atoms with Crippen molar-refractivity contribution in [1.29, 1.82) is 0 Å². The molecule has 2 N–H and O–H groups in total. The number of carbonyl (C=O) groups is 1. The van der Waals surface area contributed by atoms with E-state index in [2.05, 4.69) is 24.7 Å². The largest absolute Gasteiger partial charge is 0.573 e. The summed E-state index contributed by atoms with van der Waals surface area (Å²) in [6.45, 7) is 1.58. The van der Waals surface area contributed by atoms with Gasteiger partial charge in [-0.3, -0.25) is 0 Å². The van der Waals surface area contributed by atoms with Gasteiger partial charge in [-0.25, -0.2) is 4.79 Å². The Morgan fingerprint density at radius 3 is 2.73 bits per heavy atom. The zero-order valence-corrected chi connectivity index (χ0v) is 15.8. The molecule has 1 fully saturated rings. The predicted octanol–water partition coefficient (Wildman–Crippen LogP) is 3.94. The monoisotopic (exact) mass is 424 g/mol. The van der Waals surface area contributed by atoms with Gasteiger partial charge in [0.1, 0.15) is 18.6 Å². The van der Waals surface area contributed by atoms with Gasteiger partial charge in [0.25, 0.3) is 0 Å². The number of aromatic nitrogens is 2. The van der Waals surface area contributed by atoms with Crippen LogP contribution in [-0.4, -0.2) is 40.5 Å². The van der Waals surface area contributed by atoms with Gasteiger partial charge in [0.2, 0.25) is 0 Å². The minimum absolute atomic E-state index is 0.0876. The molecule has 0 unspecified atom stereocenters. The van der Waals surface area contributed by atoms with E-state index in [1.807, 2.05) is 0 Å². The first-order valence-electron chi connectivity index (χ1n) is 9.33. The second-order valence-electron chi connectivity index (χ2n) is 6.86. The van der Waals surface area contributed by atoms with E-state index < -0.39 is 12.1 Å². The molecule has 0 aliphatic carbocycles. The van der Waals surface area contributed by atoms with Gasteiger partial charge in [-0.2, -0.15) is 0 Å². The lowest BCUT2D eigenvalue weighted by molar-refractivity contribution is -0.275. The third-order valence-electron chi connectivity index (χ3n) is 4.66. The molecule has 1 aliphatic heterocycles. The molecule has 8 nitrogen and oxygen atoms in total. The zero-order chi connectivity index (χ0) is 21.1. The summed E-state index contributed by atoms with van der Waals surface area (Å²) >= 11 is 0. The molecule has 30 heavy (non-hydrogen) atoms. The van der Waals surface area contributed by atoms with Crippen molar-refractivity contribution < 1.29 is 32.0 Å². The highest BCUT2D eigenvalue weighted by atomic mass is 19.4. The fourth-order valence-corrected chi connectivity index (χ4v) is 3.28. The second kappa shape index (κ2) is 8.17. The summed E-state index contributed by atoms with van der Waals surface area (Å²) in [6, 6.07) is 5.69. The zero-order valence-electron chi connectivity index (χ0n) is 15.8. The number of fused-ring (bicyclic) bond motifs is 1. The van der Waals surface area contributed by atoms with Crippen LogP contribution in [0.25, 0.3) is 10.9 Å². The van der Waals surface area contributed by atoms with Gasteiger partial charge in [0.15, 0.2) is 11.5 Å². The molecular weight excluding hydrogens is 405 g/mol. The Balaban J connectivity index is 1.52. The van der Waals surface area contributed by atoms with Crippen LogP contribution in [0.4, 0.5) is 18.0 Å². The van der Waals surface area contributed by atoms with Crippen LogP contribution in [0.2, 0.25) is 0 Å². The van der Waals surface area contributed by atoms with Gasteiger partial charge >= 0.3 is 12.4 Å². The Bertz CT molecular complexity index is 1010. The lowest BCUT2D eigenvalue weighted by Gasteiger charge is -2.15. The molecule has 3 aromatic rings. The molecule has 0 radical (unpaired) electrons. The molecule has 1 saturated heterocycles. The molecule has 0 spiro atoms. The van der Waals surface area contributed by atoms with Gasteiger partial charge in [-0.15, -0.1) is 13.2 Å². The minimum Gasteiger partial charge on any atom is -0.483 e. The maximum atomic E-state index is 12.8. The number of carbonyl (C=O) groups excluding carboxylic acids is 1. The van der Waals surface area contributed by atoms with Crippen LogP contribution in [0.5, 0.6) is 11.5 Å². The van der Waals surface area contributed by atoms with E-state index in [0.29, 0.717) is 22.3 Å². The number of benzene rings is 1. The number of halogens is 3. The van der Waals surface area contributed by atoms with Gasteiger partial charge < -0.3 is 29.2 Å². The van der Waals surface area contributed by atoms with Gasteiger partial charge in [-0.1, -0.05) is 5.16 Å². The van der Waals surface area contributed by atoms with Crippen molar-refractivity contribution >= 4 is 16.9 Å². The highest BCUT2D eigenvalue weighted by Gasteiger charge is 2.33. The number of H-pyrrole nitrogens is 1. The summed E-state index contributed by atoms with van der Waals surface area (Å²) in [6.07, 6.45) is -1.57. The molecule has 0 atom stereocenters. The van der Waals surface area contributed by atoms with E-state index >= 15 is 0 Å². The highest BCUT2D eigenvalue weighted by Crippen LogP contribution is 2.36. The summed E-state index contributed by atoms with van der Waals surface area (Å²) < 4.78 is 52.8. The number of urea groups is 1. The highest BCUT2D eigenvalue weighted by molar-refractivity contribution is 5.84. The Hall–Kier alpha value is -3.37. The first kappa shape index (κ1) is 19.9. The van der Waals surface area contributed by atoms with E-state index in [4.69, 9.17) is 4.74 Å². The van der Waals surface area contributed by atoms with Crippen molar-refractivity contribution in [2.24, 2.45) is 0 Å². The van der Waals surface area contributed by atoms with Crippen molar-refractivity contribution in [1.82, 2.24) is 20.4 Å². The molecular formula is C19H19F3N4O4. The average Bonchev–Trinajstić information content (AvgIpc) is 3.44. The third kappa shape index (κ3) is 4.78. The van der Waals surface area contributed by atoms with Gasteiger partial charge in [0, 0.05) is 41.8 Å². The van der Waals surface area contributed by atoms with Crippen molar-refractivity contribution in [3.63, 3.8) is 0 Å². The number of hydrogen-bond donors (Lipinski definition) is 2. The van der Waals surface area contributed by atoms with E-state index in [9.17, 15) is 18.0 Å². The van der Waals surface area contributed by atoms with Crippen molar-refractivity contribution in [2.45, 2.75) is 32.4 Å². The molecule has 4 rings (SSSR count). The maximum absolute atomic E-state index is 12.8. The van der Waals surface area contributed by atoms with Crippen LogP contribution < -0.4 is 14.8 Å². The summed E-state index contributed by atoms with van der Waals surface area (Å²) in [5, 5.41) is 6.96. The standard InChI is InChI=1S/C19H19F3N4O4/c20-19(21,22)30-17-8-12-7-14(10-23-18(27)26-4-1-2-5-26)24-15(12)9-16(17)28-11-13-3-6-29-25-13/h3,6-9,24H,1-2,4-5,10-11H2,(H,23,27). The van der Waals surface area contributed by atoms with Crippen LogP contribution in [0.15, 0.2) is 35.1 Å². The molecule has 1 aliphatic rings. The Morgan fingerprint density at radius 1 is 1.23 bits per heavy atom.